The Hall–Kier alpha value is -1.59. The van der Waals surface area contributed by atoms with Gasteiger partial charge in [-0.05, 0) is 49.4 Å². The molecule has 0 aromatic heterocycles. The van der Waals surface area contributed by atoms with Crippen LogP contribution in [-0.2, 0) is 4.79 Å². The van der Waals surface area contributed by atoms with Crippen molar-refractivity contribution in [2.75, 3.05) is 18.4 Å². The second kappa shape index (κ2) is 10.4. The highest BCUT2D eigenvalue weighted by molar-refractivity contribution is 5.97. The standard InChI is InChI=1S/C19H29N3O2.ClH/c1-2-11-21-18(24)15-7-6-8-16(12-15)22-17(23)13-19(14-20)9-4-3-5-10-19;/h6-8,12H,2-5,9-11,13-14,20H2,1H3,(H,21,24)(H,22,23);1H. The summed E-state index contributed by atoms with van der Waals surface area (Å²) in [5, 5.41) is 5.77. The van der Waals surface area contributed by atoms with E-state index >= 15 is 0 Å². The van der Waals surface area contributed by atoms with Crippen molar-refractivity contribution in [3.63, 3.8) is 0 Å². The van der Waals surface area contributed by atoms with Crippen molar-refractivity contribution in [3.05, 3.63) is 29.8 Å². The summed E-state index contributed by atoms with van der Waals surface area (Å²) in [6, 6.07) is 7.07. The number of amides is 2. The van der Waals surface area contributed by atoms with E-state index in [4.69, 9.17) is 5.73 Å². The number of carbonyl (C=O) groups is 2. The van der Waals surface area contributed by atoms with Crippen LogP contribution >= 0.6 is 12.4 Å². The summed E-state index contributed by atoms with van der Waals surface area (Å²) in [5.41, 5.74) is 7.12. The Labute approximate surface area is 156 Å². The number of halogens is 1. The fraction of sp³-hybridized carbons (Fsp3) is 0.579. The first kappa shape index (κ1) is 21.5. The normalized spacial score (nSPS) is 15.8. The van der Waals surface area contributed by atoms with Gasteiger partial charge >= 0.3 is 0 Å². The van der Waals surface area contributed by atoms with Crippen molar-refractivity contribution >= 4 is 29.9 Å². The molecule has 1 aromatic rings. The molecule has 1 saturated carbocycles. The molecule has 0 spiro atoms. The molecule has 0 unspecified atom stereocenters. The smallest absolute Gasteiger partial charge is 0.251 e. The number of nitrogens with one attached hydrogen (secondary N) is 2. The van der Waals surface area contributed by atoms with Crippen molar-refractivity contribution in [1.82, 2.24) is 5.32 Å². The number of carbonyl (C=O) groups excluding carboxylic acids is 2. The zero-order chi connectivity index (χ0) is 17.4. The summed E-state index contributed by atoms with van der Waals surface area (Å²) in [6.45, 7) is 3.21. The van der Waals surface area contributed by atoms with E-state index in [1.807, 2.05) is 13.0 Å². The molecule has 1 aliphatic carbocycles. The molecule has 0 aliphatic heterocycles. The Balaban J connectivity index is 0.00000312. The van der Waals surface area contributed by atoms with Gasteiger partial charge in [0.15, 0.2) is 0 Å². The molecule has 0 saturated heterocycles. The molecule has 1 aliphatic rings. The Morgan fingerprint density at radius 3 is 2.56 bits per heavy atom. The summed E-state index contributed by atoms with van der Waals surface area (Å²) in [4.78, 5) is 24.4. The van der Waals surface area contributed by atoms with Crippen LogP contribution in [0, 0.1) is 5.41 Å². The van der Waals surface area contributed by atoms with Gasteiger partial charge in [-0.1, -0.05) is 32.3 Å². The molecular formula is C19H30ClN3O2. The Kier molecular flexibility index (Phi) is 8.93. The van der Waals surface area contributed by atoms with E-state index in [-0.39, 0.29) is 29.6 Å². The highest BCUT2D eigenvalue weighted by Crippen LogP contribution is 2.38. The monoisotopic (exact) mass is 367 g/mol. The van der Waals surface area contributed by atoms with E-state index in [0.29, 0.717) is 30.8 Å². The van der Waals surface area contributed by atoms with E-state index in [2.05, 4.69) is 10.6 Å². The van der Waals surface area contributed by atoms with Crippen LogP contribution in [0.15, 0.2) is 24.3 Å². The maximum Gasteiger partial charge on any atom is 0.251 e. The molecule has 4 N–H and O–H groups in total. The third kappa shape index (κ3) is 6.33. The molecular weight excluding hydrogens is 338 g/mol. The fourth-order valence-corrected chi connectivity index (χ4v) is 3.38. The van der Waals surface area contributed by atoms with Gasteiger partial charge in [0.2, 0.25) is 5.91 Å². The summed E-state index contributed by atoms with van der Waals surface area (Å²) in [6.07, 6.45) is 6.93. The van der Waals surface area contributed by atoms with Crippen molar-refractivity contribution in [2.24, 2.45) is 11.1 Å². The second-order valence-corrected chi connectivity index (χ2v) is 6.83. The molecule has 140 valence electrons. The maximum absolute atomic E-state index is 12.4. The molecule has 1 aromatic carbocycles. The Bertz CT molecular complexity index is 572. The molecule has 5 nitrogen and oxygen atoms in total. The number of anilines is 1. The minimum Gasteiger partial charge on any atom is -0.352 e. The van der Waals surface area contributed by atoms with Crippen LogP contribution in [0.25, 0.3) is 0 Å². The van der Waals surface area contributed by atoms with Crippen LogP contribution in [0.5, 0.6) is 0 Å². The first-order valence-electron chi connectivity index (χ1n) is 8.97. The van der Waals surface area contributed by atoms with Gasteiger partial charge in [0.05, 0.1) is 0 Å². The van der Waals surface area contributed by atoms with Crippen LogP contribution in [-0.4, -0.2) is 24.9 Å². The van der Waals surface area contributed by atoms with E-state index < -0.39 is 0 Å². The fourth-order valence-electron chi connectivity index (χ4n) is 3.38. The van der Waals surface area contributed by atoms with Crippen LogP contribution < -0.4 is 16.4 Å². The molecule has 25 heavy (non-hydrogen) atoms. The van der Waals surface area contributed by atoms with Crippen molar-refractivity contribution in [3.8, 4) is 0 Å². The van der Waals surface area contributed by atoms with E-state index in [0.717, 1.165) is 32.1 Å². The average Bonchev–Trinajstić information content (AvgIpc) is 2.60. The summed E-state index contributed by atoms with van der Waals surface area (Å²) in [7, 11) is 0. The van der Waals surface area contributed by atoms with Crippen LogP contribution in [0.2, 0.25) is 0 Å². The molecule has 2 rings (SSSR count). The zero-order valence-corrected chi connectivity index (χ0v) is 15.8. The van der Waals surface area contributed by atoms with Gasteiger partial charge in [-0.2, -0.15) is 0 Å². The first-order valence-corrected chi connectivity index (χ1v) is 8.97. The van der Waals surface area contributed by atoms with E-state index in [1.54, 1.807) is 18.2 Å². The average molecular weight is 368 g/mol. The van der Waals surface area contributed by atoms with Gasteiger partial charge in [-0.25, -0.2) is 0 Å². The Morgan fingerprint density at radius 2 is 1.92 bits per heavy atom. The lowest BCUT2D eigenvalue weighted by Crippen LogP contribution is -2.36. The lowest BCUT2D eigenvalue weighted by atomic mass is 9.71. The van der Waals surface area contributed by atoms with Crippen LogP contribution in [0.4, 0.5) is 5.69 Å². The number of nitrogens with two attached hydrogens (primary N) is 1. The predicted molar refractivity (Wildman–Crippen MR) is 104 cm³/mol. The molecule has 6 heteroatoms. The SMILES string of the molecule is CCCNC(=O)c1cccc(NC(=O)CC2(CN)CCCCC2)c1.Cl. The van der Waals surface area contributed by atoms with Crippen LogP contribution in [0.3, 0.4) is 0 Å². The van der Waals surface area contributed by atoms with Crippen molar-refractivity contribution in [2.45, 2.75) is 51.9 Å². The third-order valence-electron chi connectivity index (χ3n) is 4.83. The van der Waals surface area contributed by atoms with Gasteiger partial charge in [0, 0.05) is 24.2 Å². The topological polar surface area (TPSA) is 84.2 Å². The summed E-state index contributed by atoms with van der Waals surface area (Å²) >= 11 is 0. The molecule has 0 bridgehead atoms. The molecule has 2 amide bonds. The minimum atomic E-state index is -0.112. The molecule has 1 fully saturated rings. The van der Waals surface area contributed by atoms with Gasteiger partial charge in [-0.15, -0.1) is 12.4 Å². The second-order valence-electron chi connectivity index (χ2n) is 6.83. The minimum absolute atomic E-state index is 0. The lowest BCUT2D eigenvalue weighted by Gasteiger charge is -2.35. The van der Waals surface area contributed by atoms with Gasteiger partial charge in [0.1, 0.15) is 0 Å². The van der Waals surface area contributed by atoms with Crippen molar-refractivity contribution in [1.29, 1.82) is 0 Å². The zero-order valence-electron chi connectivity index (χ0n) is 15.0. The summed E-state index contributed by atoms with van der Waals surface area (Å²) in [5.74, 6) is -0.132. The van der Waals surface area contributed by atoms with Crippen molar-refractivity contribution < 1.29 is 9.59 Å². The third-order valence-corrected chi connectivity index (χ3v) is 4.83. The van der Waals surface area contributed by atoms with Gasteiger partial charge in [0.25, 0.3) is 5.91 Å². The molecule has 0 atom stereocenters. The highest BCUT2D eigenvalue weighted by atomic mass is 35.5. The van der Waals surface area contributed by atoms with Gasteiger partial charge < -0.3 is 16.4 Å². The maximum atomic E-state index is 12.4. The number of rotatable bonds is 7. The number of hydrogen-bond acceptors (Lipinski definition) is 3. The quantitative estimate of drug-likeness (QED) is 0.689. The largest absolute Gasteiger partial charge is 0.352 e. The Morgan fingerprint density at radius 1 is 1.20 bits per heavy atom. The van der Waals surface area contributed by atoms with Crippen LogP contribution in [0.1, 0.15) is 62.2 Å². The highest BCUT2D eigenvalue weighted by Gasteiger charge is 2.32. The van der Waals surface area contributed by atoms with E-state index in [1.165, 1.54) is 6.42 Å². The number of benzene rings is 1. The number of hydrogen-bond donors (Lipinski definition) is 3. The van der Waals surface area contributed by atoms with E-state index in [9.17, 15) is 9.59 Å². The lowest BCUT2D eigenvalue weighted by molar-refractivity contribution is -0.118. The predicted octanol–water partition coefficient (Wildman–Crippen LogP) is 3.49. The van der Waals surface area contributed by atoms with Gasteiger partial charge in [-0.3, -0.25) is 9.59 Å². The first-order chi connectivity index (χ1) is 11.6. The molecule has 0 radical (unpaired) electrons. The molecule has 0 heterocycles. The summed E-state index contributed by atoms with van der Waals surface area (Å²) < 4.78 is 0.